The molecule has 96 valence electrons. The van der Waals surface area contributed by atoms with Crippen LogP contribution in [0.25, 0.3) is 0 Å². The number of benzene rings is 1. The van der Waals surface area contributed by atoms with Crippen LogP contribution in [0.15, 0.2) is 11.2 Å². The lowest BCUT2D eigenvalue weighted by Crippen LogP contribution is -2.31. The van der Waals surface area contributed by atoms with Gasteiger partial charge in [-0.15, -0.1) is 0 Å². The smallest absolute Gasteiger partial charge is 0.131 e. The lowest BCUT2D eigenvalue weighted by molar-refractivity contribution is 0.201. The third kappa shape index (κ3) is 1.41. The summed E-state index contributed by atoms with van der Waals surface area (Å²) in [6.07, 6.45) is 2.14. The summed E-state index contributed by atoms with van der Waals surface area (Å²) in [6, 6.07) is 1.74. The summed E-state index contributed by atoms with van der Waals surface area (Å²) < 4.78 is 5.90. The van der Waals surface area contributed by atoms with Crippen LogP contribution in [0, 0.1) is 19.3 Å². The summed E-state index contributed by atoms with van der Waals surface area (Å²) >= 11 is 0. The maximum Gasteiger partial charge on any atom is 0.131 e. The van der Waals surface area contributed by atoms with Gasteiger partial charge in [-0.25, -0.2) is 0 Å². The van der Waals surface area contributed by atoms with Gasteiger partial charge >= 0.3 is 0 Å². The first-order valence-electron chi connectivity index (χ1n) is 6.17. The molecule has 2 aliphatic rings. The molecular weight excluding hydrogens is 230 g/mol. The van der Waals surface area contributed by atoms with Gasteiger partial charge in [-0.2, -0.15) is 0 Å². The Morgan fingerprint density at radius 2 is 2.06 bits per heavy atom. The molecule has 0 atom stereocenters. The van der Waals surface area contributed by atoms with Gasteiger partial charge in [-0.3, -0.25) is 0 Å². The van der Waals surface area contributed by atoms with E-state index in [1.54, 1.807) is 13.2 Å². The molecule has 4 heteroatoms. The maximum absolute atomic E-state index is 9.98. The van der Waals surface area contributed by atoms with Crippen LogP contribution in [-0.4, -0.2) is 24.5 Å². The highest BCUT2D eigenvalue weighted by atomic mass is 16.6. The largest absolute Gasteiger partial charge is 0.508 e. The molecule has 0 unspecified atom stereocenters. The van der Waals surface area contributed by atoms with Crippen LogP contribution in [0.1, 0.15) is 29.5 Å². The second-order valence-corrected chi connectivity index (χ2v) is 5.21. The first-order valence-corrected chi connectivity index (χ1v) is 6.17. The van der Waals surface area contributed by atoms with Gasteiger partial charge in [-0.1, -0.05) is 5.16 Å². The van der Waals surface area contributed by atoms with Crippen LogP contribution < -0.4 is 4.74 Å². The Morgan fingerprint density at radius 3 is 2.67 bits per heavy atom. The van der Waals surface area contributed by atoms with E-state index in [-0.39, 0.29) is 11.2 Å². The van der Waals surface area contributed by atoms with Gasteiger partial charge in [0.05, 0.1) is 12.0 Å². The number of oxime groups is 1. The molecule has 0 saturated heterocycles. The zero-order chi connectivity index (χ0) is 12.9. The lowest BCUT2D eigenvalue weighted by Gasteiger charge is -2.28. The van der Waals surface area contributed by atoms with Crippen LogP contribution in [0.3, 0.4) is 0 Å². The van der Waals surface area contributed by atoms with Gasteiger partial charge in [0.2, 0.25) is 0 Å². The molecule has 1 saturated carbocycles. The molecule has 1 aromatic carbocycles. The summed E-state index contributed by atoms with van der Waals surface area (Å²) in [4.78, 5) is 4.97. The standard InChI is InChI=1S/C14H17NO3/c1-8-9(2)12-10(6-11(8)16)13(15-17-3)14(4-5-14)7-18-12/h6,16H,4-5,7H2,1-3H3/b15-13-. The van der Waals surface area contributed by atoms with E-state index in [1.165, 1.54) is 0 Å². The van der Waals surface area contributed by atoms with Crippen molar-refractivity contribution in [1.29, 1.82) is 0 Å². The summed E-state index contributed by atoms with van der Waals surface area (Å²) in [5.41, 5.74) is 3.64. The molecule has 18 heavy (non-hydrogen) atoms. The number of hydrogen-bond acceptors (Lipinski definition) is 4. The van der Waals surface area contributed by atoms with E-state index >= 15 is 0 Å². The topological polar surface area (TPSA) is 51.0 Å². The lowest BCUT2D eigenvalue weighted by atomic mass is 9.88. The minimum Gasteiger partial charge on any atom is -0.508 e. The van der Waals surface area contributed by atoms with E-state index in [0.717, 1.165) is 41.0 Å². The molecule has 1 heterocycles. The SMILES string of the molecule is CO/N=C1/c2cc(O)c(C)c(C)c2OCC12CC2. The third-order valence-electron chi connectivity index (χ3n) is 4.10. The molecule has 0 aromatic heterocycles. The van der Waals surface area contributed by atoms with E-state index < -0.39 is 0 Å². The van der Waals surface area contributed by atoms with Crippen LogP contribution in [0.2, 0.25) is 0 Å². The molecule has 1 aliphatic carbocycles. The molecule has 1 fully saturated rings. The predicted octanol–water partition coefficient (Wildman–Crippen LogP) is 2.53. The number of phenols is 1. The number of rotatable bonds is 1. The van der Waals surface area contributed by atoms with Gasteiger partial charge < -0.3 is 14.7 Å². The van der Waals surface area contributed by atoms with E-state index in [0.29, 0.717) is 6.61 Å². The first kappa shape index (κ1) is 11.4. The molecule has 1 aliphatic heterocycles. The average molecular weight is 247 g/mol. The monoisotopic (exact) mass is 247 g/mol. The Kier molecular flexibility index (Phi) is 2.30. The summed E-state index contributed by atoms with van der Waals surface area (Å²) in [7, 11) is 1.55. The van der Waals surface area contributed by atoms with Crippen molar-refractivity contribution in [2.75, 3.05) is 13.7 Å². The van der Waals surface area contributed by atoms with Crippen molar-refractivity contribution in [2.24, 2.45) is 10.6 Å². The van der Waals surface area contributed by atoms with Crippen LogP contribution in [-0.2, 0) is 4.84 Å². The minimum absolute atomic E-state index is 0.0111. The van der Waals surface area contributed by atoms with Crippen molar-refractivity contribution in [3.05, 3.63) is 22.8 Å². The van der Waals surface area contributed by atoms with Crippen LogP contribution >= 0.6 is 0 Å². The van der Waals surface area contributed by atoms with Gasteiger partial charge in [0.1, 0.15) is 24.3 Å². The number of aromatic hydroxyl groups is 1. The number of phenolic OH excluding ortho intramolecular Hbond substituents is 1. The third-order valence-corrected chi connectivity index (χ3v) is 4.10. The molecule has 0 amide bonds. The van der Waals surface area contributed by atoms with Crippen molar-refractivity contribution in [3.8, 4) is 11.5 Å². The molecule has 1 aromatic rings. The summed E-state index contributed by atoms with van der Waals surface area (Å²) in [5, 5.41) is 14.2. The summed E-state index contributed by atoms with van der Waals surface area (Å²) in [6.45, 7) is 4.51. The quantitative estimate of drug-likeness (QED) is 0.776. The van der Waals surface area contributed by atoms with Crippen LogP contribution in [0.5, 0.6) is 11.5 Å². The van der Waals surface area contributed by atoms with Crippen LogP contribution in [0.4, 0.5) is 0 Å². The zero-order valence-electron chi connectivity index (χ0n) is 10.9. The summed E-state index contributed by atoms with van der Waals surface area (Å²) in [5.74, 6) is 1.12. The molecule has 1 N–H and O–H groups in total. The molecule has 1 spiro atoms. The van der Waals surface area contributed by atoms with Crippen molar-refractivity contribution < 1.29 is 14.7 Å². The highest BCUT2D eigenvalue weighted by Gasteiger charge is 2.52. The van der Waals surface area contributed by atoms with Crippen molar-refractivity contribution in [1.82, 2.24) is 0 Å². The predicted molar refractivity (Wildman–Crippen MR) is 68.3 cm³/mol. The van der Waals surface area contributed by atoms with Crippen molar-refractivity contribution in [2.45, 2.75) is 26.7 Å². The first-order chi connectivity index (χ1) is 8.59. The van der Waals surface area contributed by atoms with E-state index in [2.05, 4.69) is 5.16 Å². The highest BCUT2D eigenvalue weighted by Crippen LogP contribution is 2.54. The van der Waals surface area contributed by atoms with Gasteiger partial charge in [0, 0.05) is 5.56 Å². The fourth-order valence-corrected chi connectivity index (χ4v) is 2.57. The average Bonchev–Trinajstić information content (AvgIpc) is 3.11. The number of fused-ring (bicyclic) bond motifs is 1. The molecular formula is C14H17NO3. The van der Waals surface area contributed by atoms with E-state index in [9.17, 15) is 5.11 Å². The Labute approximate surface area is 106 Å². The van der Waals surface area contributed by atoms with Gasteiger partial charge in [-0.05, 0) is 43.9 Å². The number of hydrogen-bond donors (Lipinski definition) is 1. The fraction of sp³-hybridized carbons (Fsp3) is 0.500. The fourth-order valence-electron chi connectivity index (χ4n) is 2.57. The molecule has 0 radical (unpaired) electrons. The highest BCUT2D eigenvalue weighted by molar-refractivity contribution is 6.09. The van der Waals surface area contributed by atoms with E-state index in [1.807, 2.05) is 13.8 Å². The Bertz CT molecular complexity index is 544. The maximum atomic E-state index is 9.98. The number of ether oxygens (including phenoxy) is 1. The second kappa shape index (κ2) is 3.64. The van der Waals surface area contributed by atoms with Gasteiger partial charge in [0.15, 0.2) is 0 Å². The minimum atomic E-state index is 0.0111. The molecule has 4 nitrogen and oxygen atoms in total. The van der Waals surface area contributed by atoms with Gasteiger partial charge in [0.25, 0.3) is 0 Å². The van der Waals surface area contributed by atoms with Crippen molar-refractivity contribution >= 4 is 5.71 Å². The Balaban J connectivity index is 2.21. The van der Waals surface area contributed by atoms with E-state index in [4.69, 9.17) is 9.57 Å². The zero-order valence-corrected chi connectivity index (χ0v) is 10.9. The molecule has 0 bridgehead atoms. The number of nitrogens with zero attached hydrogens (tertiary/aromatic N) is 1. The second-order valence-electron chi connectivity index (χ2n) is 5.21. The Morgan fingerprint density at radius 1 is 1.33 bits per heavy atom. The normalized spacial score (nSPS) is 21.6. The van der Waals surface area contributed by atoms with Crippen molar-refractivity contribution in [3.63, 3.8) is 0 Å². The molecule has 3 rings (SSSR count). The Hall–Kier alpha value is -1.71.